The van der Waals surface area contributed by atoms with Gasteiger partial charge in [0.1, 0.15) is 0 Å². The third-order valence-electron chi connectivity index (χ3n) is 3.08. The lowest BCUT2D eigenvalue weighted by atomic mass is 10.1. The molecule has 0 saturated heterocycles. The fraction of sp³-hybridized carbons (Fsp3) is 0. The minimum absolute atomic E-state index is 0.290. The fourth-order valence-corrected chi connectivity index (χ4v) is 2.70. The lowest BCUT2D eigenvalue weighted by molar-refractivity contribution is 0.102. The van der Waals surface area contributed by atoms with Gasteiger partial charge in [0.25, 0.3) is 5.91 Å². The molecule has 0 saturated carbocycles. The Labute approximate surface area is 134 Å². The molecule has 0 radical (unpaired) electrons. The quantitative estimate of drug-likeness (QED) is 0.660. The van der Waals surface area contributed by atoms with Crippen molar-refractivity contribution in [3.05, 3.63) is 74.1 Å². The number of benzene rings is 2. The molecule has 0 aliphatic carbocycles. The number of carbonyl (C=O) groups excluding carboxylic acids is 1. The molecular formula is C16H11IN2O2. The lowest BCUT2D eigenvalue weighted by Gasteiger charge is -2.08. The van der Waals surface area contributed by atoms with Gasteiger partial charge >= 0.3 is 0 Å². The van der Waals surface area contributed by atoms with E-state index in [1.807, 2.05) is 42.5 Å². The Morgan fingerprint density at radius 3 is 2.67 bits per heavy atom. The molecule has 1 aromatic heterocycles. The Balaban J connectivity index is 2.04. The Hall–Kier alpha value is -2.15. The minimum Gasteiger partial charge on any atom is -0.322 e. The van der Waals surface area contributed by atoms with Crippen LogP contribution in [0.3, 0.4) is 0 Å². The van der Waals surface area contributed by atoms with Crippen LogP contribution in [-0.2, 0) is 0 Å². The van der Waals surface area contributed by atoms with Crippen LogP contribution in [0.15, 0.2) is 59.4 Å². The minimum atomic E-state index is -0.292. The molecule has 0 fully saturated rings. The maximum Gasteiger partial charge on any atom is 0.256 e. The molecule has 21 heavy (non-hydrogen) atoms. The third kappa shape index (κ3) is 2.97. The van der Waals surface area contributed by atoms with Crippen molar-refractivity contribution in [3.63, 3.8) is 0 Å². The van der Waals surface area contributed by atoms with E-state index in [1.165, 1.54) is 6.07 Å². The molecule has 2 aromatic carbocycles. The van der Waals surface area contributed by atoms with Crippen molar-refractivity contribution in [2.75, 3.05) is 5.32 Å². The van der Waals surface area contributed by atoms with E-state index in [1.54, 1.807) is 6.07 Å². The Bertz CT molecular complexity index is 887. The largest absolute Gasteiger partial charge is 0.322 e. The number of anilines is 1. The van der Waals surface area contributed by atoms with E-state index in [4.69, 9.17) is 0 Å². The Morgan fingerprint density at radius 2 is 1.86 bits per heavy atom. The summed E-state index contributed by atoms with van der Waals surface area (Å²) in [4.78, 5) is 26.8. The zero-order valence-electron chi connectivity index (χ0n) is 10.9. The van der Waals surface area contributed by atoms with Crippen molar-refractivity contribution in [3.8, 4) is 0 Å². The van der Waals surface area contributed by atoms with Crippen molar-refractivity contribution < 1.29 is 4.79 Å². The molecule has 4 nitrogen and oxygen atoms in total. The molecule has 104 valence electrons. The number of hydrogen-bond acceptors (Lipinski definition) is 2. The number of pyridine rings is 1. The van der Waals surface area contributed by atoms with Crippen molar-refractivity contribution in [1.82, 2.24) is 4.98 Å². The van der Waals surface area contributed by atoms with E-state index in [9.17, 15) is 9.59 Å². The molecule has 2 N–H and O–H groups in total. The molecule has 0 aliphatic rings. The van der Waals surface area contributed by atoms with E-state index < -0.39 is 0 Å². The van der Waals surface area contributed by atoms with E-state index in [2.05, 4.69) is 32.9 Å². The molecule has 0 aliphatic heterocycles. The van der Waals surface area contributed by atoms with Crippen LogP contribution in [0, 0.1) is 3.57 Å². The van der Waals surface area contributed by atoms with Gasteiger partial charge in [-0.3, -0.25) is 9.59 Å². The zero-order valence-corrected chi connectivity index (χ0v) is 13.0. The first-order chi connectivity index (χ1) is 10.1. The van der Waals surface area contributed by atoms with Gasteiger partial charge in [-0.1, -0.05) is 24.3 Å². The number of carbonyl (C=O) groups is 1. The average molecular weight is 390 g/mol. The summed E-state index contributed by atoms with van der Waals surface area (Å²) in [5.41, 5.74) is 1.43. The first-order valence-corrected chi connectivity index (χ1v) is 7.40. The smallest absolute Gasteiger partial charge is 0.256 e. The first kappa shape index (κ1) is 13.8. The second-order valence-electron chi connectivity index (χ2n) is 4.56. The van der Waals surface area contributed by atoms with Gasteiger partial charge < -0.3 is 10.3 Å². The number of nitrogens with one attached hydrogen (secondary N) is 2. The highest BCUT2D eigenvalue weighted by molar-refractivity contribution is 14.1. The zero-order chi connectivity index (χ0) is 14.8. The Morgan fingerprint density at radius 1 is 1.05 bits per heavy atom. The number of H-pyrrole nitrogens is 1. The highest BCUT2D eigenvalue weighted by Gasteiger charge is 2.11. The highest BCUT2D eigenvalue weighted by Crippen LogP contribution is 2.17. The molecular weight excluding hydrogens is 379 g/mol. The summed E-state index contributed by atoms with van der Waals surface area (Å²) in [5, 5.41) is 3.54. The topological polar surface area (TPSA) is 62.0 Å². The van der Waals surface area contributed by atoms with Crippen molar-refractivity contribution in [1.29, 1.82) is 0 Å². The average Bonchev–Trinajstić information content (AvgIpc) is 2.46. The van der Waals surface area contributed by atoms with Crippen molar-refractivity contribution in [2.24, 2.45) is 0 Å². The molecule has 3 aromatic rings. The maximum atomic E-state index is 12.4. The van der Waals surface area contributed by atoms with Crippen LogP contribution in [0.4, 0.5) is 5.69 Å². The highest BCUT2D eigenvalue weighted by atomic mass is 127. The second kappa shape index (κ2) is 5.69. The van der Waals surface area contributed by atoms with Gasteiger partial charge in [0.15, 0.2) is 0 Å². The molecule has 0 bridgehead atoms. The van der Waals surface area contributed by atoms with Crippen molar-refractivity contribution >= 4 is 45.1 Å². The molecule has 0 unspecified atom stereocenters. The number of hydrogen-bond donors (Lipinski definition) is 2. The van der Waals surface area contributed by atoms with E-state index >= 15 is 0 Å². The predicted molar refractivity (Wildman–Crippen MR) is 91.7 cm³/mol. The van der Waals surface area contributed by atoms with E-state index in [0.717, 1.165) is 8.96 Å². The number of aromatic nitrogens is 1. The normalized spacial score (nSPS) is 10.5. The molecule has 1 amide bonds. The Kier molecular flexibility index (Phi) is 3.74. The van der Waals surface area contributed by atoms with Crippen LogP contribution < -0.4 is 10.9 Å². The molecule has 5 heteroatoms. The van der Waals surface area contributed by atoms with Crippen LogP contribution in [0.25, 0.3) is 10.9 Å². The number of para-hydroxylation sites is 1. The number of halogens is 1. The lowest BCUT2D eigenvalue weighted by Crippen LogP contribution is -2.16. The SMILES string of the molecule is O=C(Nc1cccc(I)c1)c1cc(=O)[nH]c2ccccc12. The summed E-state index contributed by atoms with van der Waals surface area (Å²) < 4.78 is 1.03. The van der Waals surface area contributed by atoms with Crippen LogP contribution in [0.5, 0.6) is 0 Å². The van der Waals surface area contributed by atoms with Gasteiger partial charge in [0, 0.05) is 26.2 Å². The summed E-state index contributed by atoms with van der Waals surface area (Å²) in [7, 11) is 0. The summed E-state index contributed by atoms with van der Waals surface area (Å²) in [5.74, 6) is -0.292. The van der Waals surface area contributed by atoms with Crippen molar-refractivity contribution in [2.45, 2.75) is 0 Å². The number of amides is 1. The summed E-state index contributed by atoms with van der Waals surface area (Å²) >= 11 is 2.18. The van der Waals surface area contributed by atoms with Gasteiger partial charge in [-0.05, 0) is 46.9 Å². The van der Waals surface area contributed by atoms with Gasteiger partial charge in [0.2, 0.25) is 5.56 Å². The third-order valence-corrected chi connectivity index (χ3v) is 3.75. The standard InChI is InChI=1S/C16H11IN2O2/c17-10-4-3-5-11(8-10)18-16(21)13-9-15(20)19-14-7-2-1-6-12(13)14/h1-9H,(H,18,21)(H,19,20). The fourth-order valence-electron chi connectivity index (χ4n) is 2.16. The molecule has 1 heterocycles. The maximum absolute atomic E-state index is 12.4. The van der Waals surface area contributed by atoms with Crippen LogP contribution in [0.2, 0.25) is 0 Å². The van der Waals surface area contributed by atoms with Gasteiger partial charge in [-0.15, -0.1) is 0 Å². The summed E-state index contributed by atoms with van der Waals surface area (Å²) in [6.45, 7) is 0. The van der Waals surface area contributed by atoms with Crippen LogP contribution >= 0.6 is 22.6 Å². The van der Waals surface area contributed by atoms with Crippen LogP contribution in [-0.4, -0.2) is 10.9 Å². The predicted octanol–water partition coefficient (Wildman–Crippen LogP) is 3.39. The number of fused-ring (bicyclic) bond motifs is 1. The van der Waals surface area contributed by atoms with Gasteiger partial charge in [-0.25, -0.2) is 0 Å². The number of rotatable bonds is 2. The molecule has 0 atom stereocenters. The van der Waals surface area contributed by atoms with E-state index in [-0.39, 0.29) is 11.5 Å². The second-order valence-corrected chi connectivity index (χ2v) is 5.80. The molecule has 0 spiro atoms. The van der Waals surface area contributed by atoms with E-state index in [0.29, 0.717) is 16.8 Å². The summed E-state index contributed by atoms with van der Waals surface area (Å²) in [6, 6.07) is 16.1. The number of aromatic amines is 1. The van der Waals surface area contributed by atoms with Gasteiger partial charge in [0.05, 0.1) is 5.56 Å². The van der Waals surface area contributed by atoms with Gasteiger partial charge in [-0.2, -0.15) is 0 Å². The van der Waals surface area contributed by atoms with Crippen LogP contribution in [0.1, 0.15) is 10.4 Å². The molecule has 3 rings (SSSR count). The monoisotopic (exact) mass is 390 g/mol. The first-order valence-electron chi connectivity index (χ1n) is 6.32. The summed E-state index contributed by atoms with van der Waals surface area (Å²) in [6.07, 6.45) is 0.